The Labute approximate surface area is 173 Å². The smallest absolute Gasteiger partial charge is 0.213 e. The molecule has 0 amide bonds. The predicted molar refractivity (Wildman–Crippen MR) is 115 cm³/mol. The van der Waals surface area contributed by atoms with E-state index in [0.29, 0.717) is 18.5 Å². The summed E-state index contributed by atoms with van der Waals surface area (Å²) in [5.41, 5.74) is 1.77. The number of methoxy groups -OCH3 is 1. The van der Waals surface area contributed by atoms with Gasteiger partial charge < -0.3 is 10.1 Å². The Balaban J connectivity index is 1.49. The Morgan fingerprint density at radius 3 is 2.48 bits per heavy atom. The molecular formula is C21H30N4O3S. The highest BCUT2D eigenvalue weighted by Gasteiger charge is 2.24. The van der Waals surface area contributed by atoms with Crippen LogP contribution in [0.25, 0.3) is 11.3 Å². The zero-order valence-electron chi connectivity index (χ0n) is 17.3. The Kier molecular flexibility index (Phi) is 7.08. The SMILES string of the molecule is COc1cccc(-c2ccc(NC3CCC(CNS(=O)(=O)C(C)C)CC3)nn2)c1. The fourth-order valence-electron chi connectivity index (χ4n) is 3.47. The summed E-state index contributed by atoms with van der Waals surface area (Å²) >= 11 is 0. The van der Waals surface area contributed by atoms with Crippen molar-refractivity contribution >= 4 is 15.8 Å². The van der Waals surface area contributed by atoms with Crippen LogP contribution in [0.3, 0.4) is 0 Å². The highest BCUT2D eigenvalue weighted by atomic mass is 32.2. The van der Waals surface area contributed by atoms with Gasteiger partial charge in [0.2, 0.25) is 10.0 Å². The molecule has 2 N–H and O–H groups in total. The maximum atomic E-state index is 11.9. The fourth-order valence-corrected chi connectivity index (χ4v) is 4.27. The molecule has 1 fully saturated rings. The van der Waals surface area contributed by atoms with E-state index in [9.17, 15) is 8.42 Å². The van der Waals surface area contributed by atoms with Crippen molar-refractivity contribution in [3.05, 3.63) is 36.4 Å². The third kappa shape index (κ3) is 5.90. The van der Waals surface area contributed by atoms with Gasteiger partial charge in [-0.2, -0.15) is 0 Å². The summed E-state index contributed by atoms with van der Waals surface area (Å²) in [6.45, 7) is 3.93. The number of benzene rings is 1. The molecule has 1 heterocycles. The average Bonchev–Trinajstić information content (AvgIpc) is 2.74. The Morgan fingerprint density at radius 2 is 1.86 bits per heavy atom. The Bertz CT molecular complexity index is 892. The number of ether oxygens (including phenoxy) is 1. The summed E-state index contributed by atoms with van der Waals surface area (Å²) in [7, 11) is -1.54. The first-order chi connectivity index (χ1) is 13.9. The Hall–Kier alpha value is -2.19. The minimum absolute atomic E-state index is 0.338. The molecule has 0 spiro atoms. The van der Waals surface area contributed by atoms with Crippen molar-refractivity contribution in [1.29, 1.82) is 0 Å². The van der Waals surface area contributed by atoms with Crippen LogP contribution in [0.2, 0.25) is 0 Å². The highest BCUT2D eigenvalue weighted by Crippen LogP contribution is 2.27. The topological polar surface area (TPSA) is 93.2 Å². The first-order valence-electron chi connectivity index (χ1n) is 10.1. The number of sulfonamides is 1. The summed E-state index contributed by atoms with van der Waals surface area (Å²) < 4.78 is 31.8. The van der Waals surface area contributed by atoms with E-state index in [4.69, 9.17) is 4.74 Å². The van der Waals surface area contributed by atoms with Crippen molar-refractivity contribution in [1.82, 2.24) is 14.9 Å². The second kappa shape index (κ2) is 9.54. The van der Waals surface area contributed by atoms with Gasteiger partial charge in [-0.05, 0) is 69.7 Å². The second-order valence-electron chi connectivity index (χ2n) is 7.84. The van der Waals surface area contributed by atoms with E-state index in [1.807, 2.05) is 36.4 Å². The van der Waals surface area contributed by atoms with Gasteiger partial charge in [-0.3, -0.25) is 0 Å². The van der Waals surface area contributed by atoms with Crippen molar-refractivity contribution < 1.29 is 13.2 Å². The normalized spacial score (nSPS) is 19.9. The lowest BCUT2D eigenvalue weighted by Gasteiger charge is -2.29. The van der Waals surface area contributed by atoms with Crippen LogP contribution in [-0.2, 0) is 10.0 Å². The van der Waals surface area contributed by atoms with Gasteiger partial charge in [-0.1, -0.05) is 12.1 Å². The second-order valence-corrected chi connectivity index (χ2v) is 10.2. The molecule has 29 heavy (non-hydrogen) atoms. The van der Waals surface area contributed by atoms with Gasteiger partial charge >= 0.3 is 0 Å². The number of rotatable bonds is 8. The predicted octanol–water partition coefficient (Wildman–Crippen LogP) is 3.45. The lowest BCUT2D eigenvalue weighted by Crippen LogP contribution is -2.37. The zero-order chi connectivity index (χ0) is 20.9. The van der Waals surface area contributed by atoms with Gasteiger partial charge in [0.1, 0.15) is 11.6 Å². The van der Waals surface area contributed by atoms with E-state index in [1.165, 1.54) is 0 Å². The molecule has 0 atom stereocenters. The van der Waals surface area contributed by atoms with Gasteiger partial charge in [0.05, 0.1) is 18.1 Å². The van der Waals surface area contributed by atoms with E-state index < -0.39 is 10.0 Å². The lowest BCUT2D eigenvalue weighted by atomic mass is 9.86. The van der Waals surface area contributed by atoms with E-state index in [2.05, 4.69) is 20.2 Å². The number of hydrogen-bond donors (Lipinski definition) is 2. The summed E-state index contributed by atoms with van der Waals surface area (Å²) in [4.78, 5) is 0. The van der Waals surface area contributed by atoms with E-state index in [0.717, 1.165) is 48.5 Å². The molecule has 1 aromatic carbocycles. The van der Waals surface area contributed by atoms with Crippen molar-refractivity contribution in [2.45, 2.75) is 50.8 Å². The number of hydrogen-bond acceptors (Lipinski definition) is 6. The van der Waals surface area contributed by atoms with Crippen LogP contribution >= 0.6 is 0 Å². The summed E-state index contributed by atoms with van der Waals surface area (Å²) in [6, 6.07) is 12.0. The molecule has 8 heteroatoms. The van der Waals surface area contributed by atoms with Crippen LogP contribution in [-0.4, -0.2) is 43.6 Å². The third-order valence-corrected chi connectivity index (χ3v) is 7.23. The first kappa shape index (κ1) is 21.5. The average molecular weight is 419 g/mol. The van der Waals surface area contributed by atoms with Crippen LogP contribution in [0, 0.1) is 5.92 Å². The molecule has 1 aliphatic rings. The molecule has 3 rings (SSSR count). The van der Waals surface area contributed by atoms with E-state index in [1.54, 1.807) is 21.0 Å². The van der Waals surface area contributed by atoms with Crippen LogP contribution < -0.4 is 14.8 Å². The zero-order valence-corrected chi connectivity index (χ0v) is 18.1. The van der Waals surface area contributed by atoms with Gasteiger partial charge in [-0.15, -0.1) is 10.2 Å². The number of nitrogens with one attached hydrogen (secondary N) is 2. The van der Waals surface area contributed by atoms with Gasteiger partial charge in [-0.25, -0.2) is 13.1 Å². The minimum Gasteiger partial charge on any atom is -0.497 e. The van der Waals surface area contributed by atoms with E-state index in [-0.39, 0.29) is 5.25 Å². The molecule has 0 saturated heterocycles. The molecule has 0 bridgehead atoms. The van der Waals surface area contributed by atoms with Crippen molar-refractivity contribution in [3.8, 4) is 17.0 Å². The monoisotopic (exact) mass is 418 g/mol. The summed E-state index contributed by atoms with van der Waals surface area (Å²) in [6.07, 6.45) is 3.97. The molecule has 1 saturated carbocycles. The molecular weight excluding hydrogens is 388 g/mol. The fraction of sp³-hybridized carbons (Fsp3) is 0.524. The molecule has 2 aromatic rings. The summed E-state index contributed by atoms with van der Waals surface area (Å²) in [5.74, 6) is 1.95. The number of nitrogens with zero attached hydrogens (tertiary/aromatic N) is 2. The van der Waals surface area contributed by atoms with Gasteiger partial charge in [0, 0.05) is 18.2 Å². The number of anilines is 1. The van der Waals surface area contributed by atoms with Crippen molar-refractivity contribution in [2.75, 3.05) is 19.0 Å². The maximum Gasteiger partial charge on any atom is 0.213 e. The van der Waals surface area contributed by atoms with Crippen LogP contribution in [0.4, 0.5) is 5.82 Å². The molecule has 158 valence electrons. The van der Waals surface area contributed by atoms with Gasteiger partial charge in [0.15, 0.2) is 0 Å². The molecule has 1 aliphatic carbocycles. The van der Waals surface area contributed by atoms with Crippen LogP contribution in [0.15, 0.2) is 36.4 Å². The van der Waals surface area contributed by atoms with E-state index >= 15 is 0 Å². The summed E-state index contributed by atoms with van der Waals surface area (Å²) in [5, 5.41) is 11.7. The molecule has 7 nitrogen and oxygen atoms in total. The third-order valence-electron chi connectivity index (χ3n) is 5.42. The van der Waals surface area contributed by atoms with Crippen LogP contribution in [0.5, 0.6) is 5.75 Å². The molecule has 1 aromatic heterocycles. The first-order valence-corrected chi connectivity index (χ1v) is 11.6. The minimum atomic E-state index is -3.18. The Morgan fingerprint density at radius 1 is 1.10 bits per heavy atom. The number of aromatic nitrogens is 2. The quantitative estimate of drug-likeness (QED) is 0.682. The largest absolute Gasteiger partial charge is 0.497 e. The molecule has 0 unspecified atom stereocenters. The standard InChI is InChI=1S/C21H30N4O3S/c1-15(2)29(26,27)22-14-16-7-9-18(10-8-16)23-21-12-11-20(24-25-21)17-5-4-6-19(13-17)28-3/h4-6,11-13,15-16,18,22H,7-10,14H2,1-3H3,(H,23,25). The molecule has 0 aliphatic heterocycles. The van der Waals surface area contributed by atoms with Gasteiger partial charge in [0.25, 0.3) is 0 Å². The van der Waals surface area contributed by atoms with Crippen LogP contribution in [0.1, 0.15) is 39.5 Å². The lowest BCUT2D eigenvalue weighted by molar-refractivity contribution is 0.336. The maximum absolute atomic E-state index is 11.9. The van der Waals surface area contributed by atoms with Crippen molar-refractivity contribution in [3.63, 3.8) is 0 Å². The van der Waals surface area contributed by atoms with Crippen molar-refractivity contribution in [2.24, 2.45) is 5.92 Å². The molecule has 0 radical (unpaired) electrons. The highest BCUT2D eigenvalue weighted by molar-refractivity contribution is 7.90.